The van der Waals surface area contributed by atoms with Gasteiger partial charge in [-0.15, -0.1) is 0 Å². The molecule has 0 heterocycles. The van der Waals surface area contributed by atoms with Gasteiger partial charge in [-0.2, -0.15) is 0 Å². The van der Waals surface area contributed by atoms with E-state index in [4.69, 9.17) is 5.11 Å². The highest BCUT2D eigenvalue weighted by molar-refractivity contribution is 5.95. The number of rotatable bonds is 4. The van der Waals surface area contributed by atoms with Crippen LogP contribution in [0.3, 0.4) is 0 Å². The topological polar surface area (TPSA) is 57.6 Å². The van der Waals surface area contributed by atoms with E-state index in [0.717, 1.165) is 0 Å². The molecule has 0 saturated heterocycles. The second-order valence-electron chi connectivity index (χ2n) is 5.11. The number of carbonyl (C=O) groups is 2. The largest absolute Gasteiger partial charge is 0.481 e. The van der Waals surface area contributed by atoms with E-state index in [1.54, 1.807) is 12.1 Å². The zero-order chi connectivity index (χ0) is 14.7. The van der Waals surface area contributed by atoms with Crippen LogP contribution < -0.4 is 4.90 Å². The molecule has 0 radical (unpaired) electrons. The van der Waals surface area contributed by atoms with E-state index in [0.29, 0.717) is 31.5 Å². The van der Waals surface area contributed by atoms with Crippen molar-refractivity contribution in [2.45, 2.75) is 26.2 Å². The molecule has 1 aromatic carbocycles. The van der Waals surface area contributed by atoms with Crippen LogP contribution in [0, 0.1) is 17.7 Å². The summed E-state index contributed by atoms with van der Waals surface area (Å²) >= 11 is 0. The minimum absolute atomic E-state index is 0.109. The molecule has 1 aliphatic rings. The fourth-order valence-electron chi connectivity index (χ4n) is 2.76. The van der Waals surface area contributed by atoms with Gasteiger partial charge < -0.3 is 10.0 Å². The molecular weight excluding hydrogens is 261 g/mol. The Labute approximate surface area is 117 Å². The van der Waals surface area contributed by atoms with Crippen LogP contribution >= 0.6 is 0 Å². The van der Waals surface area contributed by atoms with Crippen molar-refractivity contribution in [3.05, 3.63) is 30.1 Å². The summed E-state index contributed by atoms with van der Waals surface area (Å²) in [4.78, 5) is 24.9. The molecule has 2 rings (SSSR count). The van der Waals surface area contributed by atoms with Gasteiger partial charge in [0.25, 0.3) is 0 Å². The SMILES string of the molecule is CCN(C(=O)C1CCC(C(=O)O)C1)c1cccc(F)c1. The van der Waals surface area contributed by atoms with Crippen molar-refractivity contribution in [2.75, 3.05) is 11.4 Å². The number of nitrogens with zero attached hydrogens (tertiary/aromatic N) is 1. The maximum Gasteiger partial charge on any atom is 0.306 e. The van der Waals surface area contributed by atoms with Crippen LogP contribution in [0.4, 0.5) is 10.1 Å². The highest BCUT2D eigenvalue weighted by Gasteiger charge is 2.35. The average molecular weight is 279 g/mol. The van der Waals surface area contributed by atoms with Crippen molar-refractivity contribution < 1.29 is 19.1 Å². The van der Waals surface area contributed by atoms with Gasteiger partial charge in [0.15, 0.2) is 0 Å². The van der Waals surface area contributed by atoms with Gasteiger partial charge in [0, 0.05) is 18.2 Å². The van der Waals surface area contributed by atoms with E-state index in [1.807, 2.05) is 6.92 Å². The van der Waals surface area contributed by atoms with Crippen LogP contribution in [-0.4, -0.2) is 23.5 Å². The lowest BCUT2D eigenvalue weighted by atomic mass is 10.0. The first-order chi connectivity index (χ1) is 9.52. The molecule has 0 aromatic heterocycles. The summed E-state index contributed by atoms with van der Waals surface area (Å²) < 4.78 is 13.3. The fraction of sp³-hybridized carbons (Fsp3) is 0.467. The lowest BCUT2D eigenvalue weighted by Gasteiger charge is -2.24. The molecule has 108 valence electrons. The second kappa shape index (κ2) is 6.03. The number of hydrogen-bond acceptors (Lipinski definition) is 2. The predicted molar refractivity (Wildman–Crippen MR) is 72.9 cm³/mol. The van der Waals surface area contributed by atoms with Crippen LogP contribution in [0.25, 0.3) is 0 Å². The Kier molecular flexibility index (Phi) is 4.37. The van der Waals surface area contributed by atoms with Gasteiger partial charge in [0.2, 0.25) is 5.91 Å². The highest BCUT2D eigenvalue weighted by atomic mass is 19.1. The number of carboxylic acid groups (broad SMARTS) is 1. The number of amides is 1. The fourth-order valence-corrected chi connectivity index (χ4v) is 2.76. The van der Waals surface area contributed by atoms with Crippen molar-refractivity contribution in [1.82, 2.24) is 0 Å². The van der Waals surface area contributed by atoms with Crippen molar-refractivity contribution in [3.8, 4) is 0 Å². The van der Waals surface area contributed by atoms with Gasteiger partial charge in [0.1, 0.15) is 5.82 Å². The lowest BCUT2D eigenvalue weighted by Crippen LogP contribution is -2.35. The van der Waals surface area contributed by atoms with E-state index < -0.39 is 11.9 Å². The molecule has 2 unspecified atom stereocenters. The van der Waals surface area contributed by atoms with Crippen molar-refractivity contribution in [1.29, 1.82) is 0 Å². The van der Waals surface area contributed by atoms with E-state index >= 15 is 0 Å². The molecule has 0 spiro atoms. The Morgan fingerprint density at radius 1 is 1.35 bits per heavy atom. The highest BCUT2D eigenvalue weighted by Crippen LogP contribution is 2.33. The summed E-state index contributed by atoms with van der Waals surface area (Å²) in [6.45, 7) is 2.27. The van der Waals surface area contributed by atoms with Crippen LogP contribution in [0.5, 0.6) is 0 Å². The molecule has 5 heteroatoms. The van der Waals surface area contributed by atoms with Crippen LogP contribution in [0.2, 0.25) is 0 Å². The molecule has 0 aliphatic heterocycles. The Morgan fingerprint density at radius 2 is 2.05 bits per heavy atom. The molecule has 20 heavy (non-hydrogen) atoms. The Hall–Kier alpha value is -1.91. The molecular formula is C15H18FNO3. The molecule has 4 nitrogen and oxygen atoms in total. The third-order valence-corrected chi connectivity index (χ3v) is 3.83. The van der Waals surface area contributed by atoms with E-state index in [2.05, 4.69) is 0 Å². The van der Waals surface area contributed by atoms with Crippen molar-refractivity contribution in [2.24, 2.45) is 11.8 Å². The van der Waals surface area contributed by atoms with E-state index in [1.165, 1.54) is 17.0 Å². The molecule has 1 aliphatic carbocycles. The first-order valence-corrected chi connectivity index (χ1v) is 6.82. The maximum atomic E-state index is 13.3. The van der Waals surface area contributed by atoms with Gasteiger partial charge in [0.05, 0.1) is 5.92 Å². The molecule has 0 bridgehead atoms. The molecule has 1 amide bonds. The Balaban J connectivity index is 2.12. The van der Waals surface area contributed by atoms with Gasteiger partial charge in [-0.25, -0.2) is 4.39 Å². The van der Waals surface area contributed by atoms with Gasteiger partial charge in [-0.3, -0.25) is 9.59 Å². The monoisotopic (exact) mass is 279 g/mol. The van der Waals surface area contributed by atoms with Gasteiger partial charge in [-0.05, 0) is 44.4 Å². The van der Waals surface area contributed by atoms with Crippen LogP contribution in [0.15, 0.2) is 24.3 Å². The first-order valence-electron chi connectivity index (χ1n) is 6.82. The summed E-state index contributed by atoms with van der Waals surface area (Å²) in [5, 5.41) is 8.99. The summed E-state index contributed by atoms with van der Waals surface area (Å²) in [6.07, 6.45) is 1.49. The zero-order valence-corrected chi connectivity index (χ0v) is 11.4. The number of halogens is 1. The standard InChI is InChI=1S/C15H18FNO3/c1-2-17(13-5-3-4-12(16)9-13)14(18)10-6-7-11(8-10)15(19)20/h3-5,9-11H,2,6-8H2,1H3,(H,19,20). The summed E-state index contributed by atoms with van der Waals surface area (Å²) in [7, 11) is 0. The number of carbonyl (C=O) groups excluding carboxylic acids is 1. The van der Waals surface area contributed by atoms with Crippen molar-refractivity contribution >= 4 is 17.6 Å². The smallest absolute Gasteiger partial charge is 0.306 e. The number of hydrogen-bond donors (Lipinski definition) is 1. The van der Waals surface area contributed by atoms with Gasteiger partial charge >= 0.3 is 5.97 Å². The summed E-state index contributed by atoms with van der Waals surface area (Å²) in [5.74, 6) is -2.05. The second-order valence-corrected chi connectivity index (χ2v) is 5.11. The van der Waals surface area contributed by atoms with Crippen molar-refractivity contribution in [3.63, 3.8) is 0 Å². The zero-order valence-electron chi connectivity index (χ0n) is 11.4. The predicted octanol–water partition coefficient (Wildman–Crippen LogP) is 2.68. The van der Waals surface area contributed by atoms with Crippen LogP contribution in [0.1, 0.15) is 26.2 Å². The average Bonchev–Trinajstić information content (AvgIpc) is 2.89. The number of benzene rings is 1. The minimum atomic E-state index is -0.839. The number of aliphatic carboxylic acids is 1. The minimum Gasteiger partial charge on any atom is -0.481 e. The van der Waals surface area contributed by atoms with Gasteiger partial charge in [-0.1, -0.05) is 6.07 Å². The molecule has 1 fully saturated rings. The molecule has 2 atom stereocenters. The Morgan fingerprint density at radius 3 is 2.60 bits per heavy atom. The number of anilines is 1. The maximum absolute atomic E-state index is 13.3. The molecule has 1 N–H and O–H groups in total. The quantitative estimate of drug-likeness (QED) is 0.921. The lowest BCUT2D eigenvalue weighted by molar-refractivity contribution is -0.141. The third-order valence-electron chi connectivity index (χ3n) is 3.83. The first kappa shape index (κ1) is 14.5. The normalized spacial score (nSPS) is 21.7. The summed E-state index contributed by atoms with van der Waals surface area (Å²) in [5.41, 5.74) is 0.524. The van der Waals surface area contributed by atoms with E-state index in [9.17, 15) is 14.0 Å². The third kappa shape index (κ3) is 2.98. The molecule has 1 saturated carbocycles. The Bertz CT molecular complexity index is 518. The van der Waals surface area contributed by atoms with Crippen LogP contribution in [-0.2, 0) is 9.59 Å². The summed E-state index contributed by atoms with van der Waals surface area (Å²) in [6, 6.07) is 5.91. The number of carboxylic acids is 1. The van der Waals surface area contributed by atoms with E-state index in [-0.39, 0.29) is 17.6 Å². The molecule has 1 aromatic rings.